The monoisotopic (exact) mass is 318 g/mol. The minimum absolute atomic E-state index is 0.0476. The van der Waals surface area contributed by atoms with Crippen LogP contribution >= 0.6 is 11.6 Å². The molecule has 1 aromatic heterocycles. The number of carbonyl (C=O) groups is 1. The number of aromatic nitrogens is 3. The van der Waals surface area contributed by atoms with E-state index in [2.05, 4.69) is 15.5 Å². The van der Waals surface area contributed by atoms with Crippen LogP contribution in [0.3, 0.4) is 0 Å². The second kappa shape index (κ2) is 6.48. The average molecular weight is 319 g/mol. The molecule has 0 aliphatic heterocycles. The lowest BCUT2D eigenvalue weighted by Gasteiger charge is -2.07. The molecule has 0 spiro atoms. The van der Waals surface area contributed by atoms with Gasteiger partial charge in [0, 0.05) is 30.5 Å². The summed E-state index contributed by atoms with van der Waals surface area (Å²) in [7, 11) is 0. The van der Waals surface area contributed by atoms with E-state index in [0.29, 0.717) is 13.1 Å². The van der Waals surface area contributed by atoms with E-state index in [1.54, 1.807) is 6.33 Å². The van der Waals surface area contributed by atoms with Crippen LogP contribution in [0.5, 0.6) is 0 Å². The van der Waals surface area contributed by atoms with E-state index >= 15 is 0 Å². The zero-order valence-electron chi connectivity index (χ0n) is 12.5. The third-order valence-electron chi connectivity index (χ3n) is 4.10. The fourth-order valence-electron chi connectivity index (χ4n) is 2.77. The first-order chi connectivity index (χ1) is 10.7. The molecule has 2 unspecified atom stereocenters. The maximum atomic E-state index is 12.2. The second-order valence-electron chi connectivity index (χ2n) is 5.56. The molecule has 2 aromatic rings. The van der Waals surface area contributed by atoms with Crippen LogP contribution in [0.15, 0.2) is 30.6 Å². The second-order valence-corrected chi connectivity index (χ2v) is 5.96. The molecule has 1 N–H and O–H groups in total. The van der Waals surface area contributed by atoms with Gasteiger partial charge in [-0.05, 0) is 24.0 Å². The highest BCUT2D eigenvalue weighted by Gasteiger charge is 2.44. The first-order valence-electron chi connectivity index (χ1n) is 7.59. The van der Waals surface area contributed by atoms with Crippen molar-refractivity contribution in [3.63, 3.8) is 0 Å². The van der Waals surface area contributed by atoms with Crippen LogP contribution in [0.1, 0.15) is 30.7 Å². The van der Waals surface area contributed by atoms with E-state index in [9.17, 15) is 4.79 Å². The molecular weight excluding hydrogens is 300 g/mol. The summed E-state index contributed by atoms with van der Waals surface area (Å²) in [6, 6.07) is 7.76. The number of benzene rings is 1. The van der Waals surface area contributed by atoms with Crippen LogP contribution in [0, 0.1) is 5.92 Å². The van der Waals surface area contributed by atoms with Gasteiger partial charge in [-0.1, -0.05) is 36.7 Å². The summed E-state index contributed by atoms with van der Waals surface area (Å²) >= 11 is 6.19. The maximum absolute atomic E-state index is 12.2. The predicted molar refractivity (Wildman–Crippen MR) is 84.7 cm³/mol. The lowest BCUT2D eigenvalue weighted by molar-refractivity contribution is -0.122. The quantitative estimate of drug-likeness (QED) is 0.889. The normalized spacial score (nSPS) is 19.9. The van der Waals surface area contributed by atoms with Crippen molar-refractivity contribution in [1.82, 2.24) is 20.1 Å². The zero-order chi connectivity index (χ0) is 15.5. The minimum Gasteiger partial charge on any atom is -0.354 e. The van der Waals surface area contributed by atoms with Gasteiger partial charge in [0.1, 0.15) is 12.2 Å². The molecule has 1 fully saturated rings. The highest BCUT2D eigenvalue weighted by atomic mass is 35.5. The Kier molecular flexibility index (Phi) is 4.43. The molecular formula is C16H19ClN4O. The molecule has 5 nitrogen and oxygen atoms in total. The third kappa shape index (κ3) is 3.14. The van der Waals surface area contributed by atoms with Crippen LogP contribution in [0.2, 0.25) is 5.02 Å². The standard InChI is InChI=1S/C16H19ClN4O/c1-2-15-20-19-10-21(15)8-7-18-16(22)13-9-12(13)11-5-3-4-6-14(11)17/h3-6,10,12-13H,2,7-9H2,1H3,(H,18,22). The summed E-state index contributed by atoms with van der Waals surface area (Å²) in [5.74, 6) is 1.35. The first-order valence-corrected chi connectivity index (χ1v) is 7.97. The molecule has 6 heteroatoms. The molecule has 0 bridgehead atoms. The van der Waals surface area contributed by atoms with Crippen LogP contribution in [-0.4, -0.2) is 27.2 Å². The van der Waals surface area contributed by atoms with Crippen molar-refractivity contribution in [2.75, 3.05) is 6.54 Å². The van der Waals surface area contributed by atoms with Gasteiger partial charge < -0.3 is 9.88 Å². The Hall–Kier alpha value is -1.88. The van der Waals surface area contributed by atoms with Gasteiger partial charge in [0.15, 0.2) is 0 Å². The molecule has 2 atom stereocenters. The third-order valence-corrected chi connectivity index (χ3v) is 4.44. The number of nitrogens with zero attached hydrogens (tertiary/aromatic N) is 3. The number of halogens is 1. The number of carbonyl (C=O) groups excluding carboxylic acids is 1. The van der Waals surface area contributed by atoms with E-state index in [-0.39, 0.29) is 17.7 Å². The molecule has 1 amide bonds. The van der Waals surface area contributed by atoms with Gasteiger partial charge in [-0.25, -0.2) is 0 Å². The Morgan fingerprint density at radius 1 is 1.45 bits per heavy atom. The molecule has 1 saturated carbocycles. The number of hydrogen-bond acceptors (Lipinski definition) is 3. The Balaban J connectivity index is 1.49. The number of aryl methyl sites for hydroxylation is 1. The fraction of sp³-hybridized carbons (Fsp3) is 0.438. The summed E-state index contributed by atoms with van der Waals surface area (Å²) in [4.78, 5) is 12.2. The number of rotatable bonds is 6. The molecule has 1 aliphatic rings. The van der Waals surface area contributed by atoms with Crippen molar-refractivity contribution in [3.05, 3.63) is 47.0 Å². The molecule has 1 aromatic carbocycles. The van der Waals surface area contributed by atoms with Crippen molar-refractivity contribution in [1.29, 1.82) is 0 Å². The van der Waals surface area contributed by atoms with Gasteiger partial charge >= 0.3 is 0 Å². The molecule has 0 saturated heterocycles. The van der Waals surface area contributed by atoms with Gasteiger partial charge in [-0.3, -0.25) is 4.79 Å². The summed E-state index contributed by atoms with van der Waals surface area (Å²) in [6.07, 6.45) is 3.42. The van der Waals surface area contributed by atoms with E-state index in [1.807, 2.05) is 35.8 Å². The minimum atomic E-state index is 0.0476. The number of amides is 1. The summed E-state index contributed by atoms with van der Waals surface area (Å²) < 4.78 is 1.97. The molecule has 116 valence electrons. The van der Waals surface area contributed by atoms with Gasteiger partial charge in [0.05, 0.1) is 0 Å². The molecule has 3 rings (SSSR count). The topological polar surface area (TPSA) is 59.8 Å². The average Bonchev–Trinajstić information content (AvgIpc) is 3.19. The van der Waals surface area contributed by atoms with E-state index in [4.69, 9.17) is 11.6 Å². The van der Waals surface area contributed by atoms with Crippen molar-refractivity contribution < 1.29 is 4.79 Å². The SMILES string of the molecule is CCc1nncn1CCNC(=O)C1CC1c1ccccc1Cl. The molecule has 1 heterocycles. The lowest BCUT2D eigenvalue weighted by Crippen LogP contribution is -2.29. The van der Waals surface area contributed by atoms with Crippen molar-refractivity contribution in [2.24, 2.45) is 5.92 Å². The first kappa shape index (κ1) is 15.0. The molecule has 0 radical (unpaired) electrons. The van der Waals surface area contributed by atoms with Gasteiger partial charge in [0.25, 0.3) is 0 Å². The lowest BCUT2D eigenvalue weighted by atomic mass is 10.1. The Labute approximate surface area is 134 Å². The van der Waals surface area contributed by atoms with Gasteiger partial charge in [0.2, 0.25) is 5.91 Å². The summed E-state index contributed by atoms with van der Waals surface area (Å²) in [5.41, 5.74) is 1.08. The maximum Gasteiger partial charge on any atom is 0.223 e. The largest absolute Gasteiger partial charge is 0.354 e. The van der Waals surface area contributed by atoms with E-state index < -0.39 is 0 Å². The predicted octanol–water partition coefficient (Wildman–Crippen LogP) is 2.41. The smallest absolute Gasteiger partial charge is 0.223 e. The van der Waals surface area contributed by atoms with Crippen LogP contribution in [0.25, 0.3) is 0 Å². The summed E-state index contributed by atoms with van der Waals surface area (Å²) in [5, 5.41) is 11.7. The molecule has 1 aliphatic carbocycles. The van der Waals surface area contributed by atoms with E-state index in [0.717, 1.165) is 29.3 Å². The Morgan fingerprint density at radius 3 is 3.05 bits per heavy atom. The highest BCUT2D eigenvalue weighted by molar-refractivity contribution is 6.31. The van der Waals surface area contributed by atoms with Crippen LogP contribution in [-0.2, 0) is 17.8 Å². The van der Waals surface area contributed by atoms with Crippen LogP contribution in [0.4, 0.5) is 0 Å². The Morgan fingerprint density at radius 2 is 2.27 bits per heavy atom. The van der Waals surface area contributed by atoms with Crippen molar-refractivity contribution in [2.45, 2.75) is 32.2 Å². The summed E-state index contributed by atoms with van der Waals surface area (Å²) in [6.45, 7) is 3.33. The van der Waals surface area contributed by atoms with Crippen molar-refractivity contribution >= 4 is 17.5 Å². The molecule has 22 heavy (non-hydrogen) atoms. The number of nitrogens with one attached hydrogen (secondary N) is 1. The number of hydrogen-bond donors (Lipinski definition) is 1. The fourth-order valence-corrected chi connectivity index (χ4v) is 3.05. The van der Waals surface area contributed by atoms with Gasteiger partial charge in [-0.2, -0.15) is 0 Å². The zero-order valence-corrected chi connectivity index (χ0v) is 13.3. The highest BCUT2D eigenvalue weighted by Crippen LogP contribution is 2.49. The van der Waals surface area contributed by atoms with Crippen molar-refractivity contribution in [3.8, 4) is 0 Å². The van der Waals surface area contributed by atoms with E-state index in [1.165, 1.54) is 0 Å². The van der Waals surface area contributed by atoms with Gasteiger partial charge in [-0.15, -0.1) is 10.2 Å². The Bertz CT molecular complexity index is 670. The van der Waals surface area contributed by atoms with Crippen LogP contribution < -0.4 is 5.32 Å².